The molecule has 5 nitrogen and oxygen atoms in total. The molecule has 1 fully saturated rings. The van der Waals surface area contributed by atoms with Crippen LogP contribution in [-0.4, -0.2) is 22.4 Å². The van der Waals surface area contributed by atoms with Crippen LogP contribution in [0.25, 0.3) is 11.3 Å². The first-order valence-corrected chi connectivity index (χ1v) is 11.9. The van der Waals surface area contributed by atoms with Gasteiger partial charge in [-0.3, -0.25) is 9.78 Å². The van der Waals surface area contributed by atoms with Gasteiger partial charge < -0.3 is 10.3 Å². The zero-order valence-electron chi connectivity index (χ0n) is 19.7. The fourth-order valence-electron chi connectivity index (χ4n) is 4.83. The summed E-state index contributed by atoms with van der Waals surface area (Å²) in [5, 5.41) is 12.7. The molecule has 33 heavy (non-hydrogen) atoms. The predicted molar refractivity (Wildman–Crippen MR) is 131 cm³/mol. The Kier molecular flexibility index (Phi) is 6.93. The highest BCUT2D eigenvalue weighted by Crippen LogP contribution is 2.36. The molecule has 2 aromatic heterocycles. The lowest BCUT2D eigenvalue weighted by molar-refractivity contribution is 0.0943. The van der Waals surface area contributed by atoms with Crippen molar-refractivity contribution in [2.24, 2.45) is 5.92 Å². The van der Waals surface area contributed by atoms with Crippen LogP contribution in [0.5, 0.6) is 0 Å². The third kappa shape index (κ3) is 5.17. The molecule has 0 atom stereocenters. The molecule has 0 radical (unpaired) electrons. The molecule has 0 unspecified atom stereocenters. The van der Waals surface area contributed by atoms with Gasteiger partial charge in [-0.1, -0.05) is 32.0 Å². The molecular formula is C28H32N4O. The summed E-state index contributed by atoms with van der Waals surface area (Å²) in [6, 6.07) is 15.9. The maximum absolute atomic E-state index is 13.2. The quantitative estimate of drug-likeness (QED) is 0.487. The van der Waals surface area contributed by atoms with E-state index in [0.29, 0.717) is 29.5 Å². The SMILES string of the molecule is Cc1cc(C2CCC(CNC(=O)c3cc(C(C)C)[nH]c3-c3ccccc3C#N)CC2)ccn1. The number of carbonyl (C=O) groups is 1. The van der Waals surface area contributed by atoms with Crippen LogP contribution >= 0.6 is 0 Å². The normalized spacial score (nSPS) is 18.2. The summed E-state index contributed by atoms with van der Waals surface area (Å²) in [4.78, 5) is 20.9. The number of nitrogens with one attached hydrogen (secondary N) is 2. The van der Waals surface area contributed by atoms with E-state index in [1.807, 2.05) is 37.4 Å². The van der Waals surface area contributed by atoms with Gasteiger partial charge in [0.15, 0.2) is 0 Å². The van der Waals surface area contributed by atoms with Crippen molar-refractivity contribution in [1.82, 2.24) is 15.3 Å². The van der Waals surface area contributed by atoms with Gasteiger partial charge in [-0.2, -0.15) is 5.26 Å². The van der Waals surface area contributed by atoms with E-state index in [1.165, 1.54) is 5.56 Å². The largest absolute Gasteiger partial charge is 0.357 e. The Labute approximate surface area is 196 Å². The number of benzene rings is 1. The summed E-state index contributed by atoms with van der Waals surface area (Å²) < 4.78 is 0. The van der Waals surface area contributed by atoms with Gasteiger partial charge in [-0.15, -0.1) is 0 Å². The van der Waals surface area contributed by atoms with Crippen molar-refractivity contribution in [3.63, 3.8) is 0 Å². The van der Waals surface area contributed by atoms with Gasteiger partial charge in [0.05, 0.1) is 22.9 Å². The van der Waals surface area contributed by atoms with Crippen LogP contribution in [0.1, 0.15) is 84.2 Å². The van der Waals surface area contributed by atoms with Crippen molar-refractivity contribution in [2.45, 2.75) is 58.3 Å². The van der Waals surface area contributed by atoms with Gasteiger partial charge in [0.2, 0.25) is 0 Å². The maximum atomic E-state index is 13.2. The second kappa shape index (κ2) is 10.0. The predicted octanol–water partition coefficient (Wildman–Crippen LogP) is 6.08. The van der Waals surface area contributed by atoms with Crippen molar-refractivity contribution >= 4 is 5.91 Å². The van der Waals surface area contributed by atoms with Gasteiger partial charge in [0.25, 0.3) is 5.91 Å². The molecule has 2 heterocycles. The number of hydrogen-bond acceptors (Lipinski definition) is 3. The standard InChI is InChI=1S/C28H32N4O/c1-18(2)26-15-25(27(32-26)24-7-5-4-6-23(24)16-29)28(33)31-17-20-8-10-21(11-9-20)22-12-13-30-19(3)14-22/h4-7,12-15,18,20-21,32H,8-11,17H2,1-3H3,(H,31,33). The highest BCUT2D eigenvalue weighted by Gasteiger charge is 2.24. The van der Waals surface area contributed by atoms with E-state index in [9.17, 15) is 10.1 Å². The molecule has 170 valence electrons. The lowest BCUT2D eigenvalue weighted by Gasteiger charge is -2.29. The summed E-state index contributed by atoms with van der Waals surface area (Å²) >= 11 is 0. The highest BCUT2D eigenvalue weighted by molar-refractivity contribution is 6.01. The Hall–Kier alpha value is -3.39. The topological polar surface area (TPSA) is 81.6 Å². The zero-order valence-corrected chi connectivity index (χ0v) is 19.7. The Morgan fingerprint density at radius 1 is 1.18 bits per heavy atom. The number of hydrogen-bond donors (Lipinski definition) is 2. The molecule has 1 saturated carbocycles. The second-order valence-electron chi connectivity index (χ2n) is 9.48. The first kappa shape index (κ1) is 22.8. The lowest BCUT2D eigenvalue weighted by atomic mass is 9.79. The molecule has 1 aliphatic carbocycles. The third-order valence-corrected chi connectivity index (χ3v) is 6.81. The van der Waals surface area contributed by atoms with E-state index in [0.717, 1.165) is 48.3 Å². The van der Waals surface area contributed by atoms with Crippen LogP contribution in [0.3, 0.4) is 0 Å². The molecule has 0 aliphatic heterocycles. The minimum Gasteiger partial charge on any atom is -0.357 e. The molecule has 1 aliphatic rings. The Morgan fingerprint density at radius 2 is 1.94 bits per heavy atom. The molecule has 1 amide bonds. The molecule has 3 aromatic rings. The first-order chi connectivity index (χ1) is 16.0. The van der Waals surface area contributed by atoms with Crippen molar-refractivity contribution in [1.29, 1.82) is 5.26 Å². The van der Waals surface area contributed by atoms with Crippen LogP contribution in [0.2, 0.25) is 0 Å². The summed E-state index contributed by atoms with van der Waals surface area (Å²) in [6.45, 7) is 6.91. The average molecular weight is 441 g/mol. The molecule has 0 bridgehead atoms. The Morgan fingerprint density at radius 3 is 2.64 bits per heavy atom. The summed E-state index contributed by atoms with van der Waals surface area (Å²) in [5.41, 5.74) is 6.13. The fourth-order valence-corrected chi connectivity index (χ4v) is 4.83. The number of nitrogens with zero attached hydrogens (tertiary/aromatic N) is 2. The van der Waals surface area contributed by atoms with E-state index in [4.69, 9.17) is 0 Å². The monoisotopic (exact) mass is 440 g/mol. The van der Waals surface area contributed by atoms with Gasteiger partial charge in [0, 0.05) is 29.7 Å². The number of aryl methyl sites for hydroxylation is 1. The molecule has 2 N–H and O–H groups in total. The van der Waals surface area contributed by atoms with Crippen molar-refractivity contribution < 1.29 is 4.79 Å². The highest BCUT2D eigenvalue weighted by atomic mass is 16.1. The van der Waals surface area contributed by atoms with Gasteiger partial charge >= 0.3 is 0 Å². The summed E-state index contributed by atoms with van der Waals surface area (Å²) in [5.74, 6) is 1.26. The van der Waals surface area contributed by atoms with Gasteiger partial charge in [0.1, 0.15) is 0 Å². The van der Waals surface area contributed by atoms with Crippen LogP contribution in [0.15, 0.2) is 48.7 Å². The van der Waals surface area contributed by atoms with Crippen molar-refractivity contribution in [3.05, 3.63) is 76.7 Å². The number of aromatic amines is 1. The molecule has 4 rings (SSSR count). The summed E-state index contributed by atoms with van der Waals surface area (Å²) in [7, 11) is 0. The number of nitriles is 1. The van der Waals surface area contributed by atoms with Crippen molar-refractivity contribution in [3.8, 4) is 17.3 Å². The first-order valence-electron chi connectivity index (χ1n) is 11.9. The van der Waals surface area contributed by atoms with E-state index >= 15 is 0 Å². The smallest absolute Gasteiger partial charge is 0.253 e. The number of amides is 1. The van der Waals surface area contributed by atoms with E-state index in [-0.39, 0.29) is 11.8 Å². The molecular weight excluding hydrogens is 408 g/mol. The lowest BCUT2D eigenvalue weighted by Crippen LogP contribution is -2.31. The number of carbonyl (C=O) groups excluding carboxylic acids is 1. The fraction of sp³-hybridized carbons (Fsp3) is 0.393. The van der Waals surface area contributed by atoms with Gasteiger partial charge in [-0.25, -0.2) is 0 Å². The van der Waals surface area contributed by atoms with Crippen LogP contribution in [0.4, 0.5) is 0 Å². The molecule has 1 aromatic carbocycles. The molecule has 0 spiro atoms. The Bertz CT molecular complexity index is 1160. The van der Waals surface area contributed by atoms with E-state index in [2.05, 4.69) is 47.3 Å². The number of H-pyrrole nitrogens is 1. The number of aromatic nitrogens is 2. The van der Waals surface area contributed by atoms with Gasteiger partial charge in [-0.05, 0) is 80.2 Å². The minimum atomic E-state index is -0.0761. The number of rotatable bonds is 6. The summed E-state index contributed by atoms with van der Waals surface area (Å²) in [6.07, 6.45) is 6.42. The van der Waals surface area contributed by atoms with Crippen LogP contribution in [-0.2, 0) is 0 Å². The van der Waals surface area contributed by atoms with Crippen LogP contribution in [0, 0.1) is 24.2 Å². The molecule has 0 saturated heterocycles. The minimum absolute atomic E-state index is 0.0761. The van der Waals surface area contributed by atoms with E-state index < -0.39 is 0 Å². The van der Waals surface area contributed by atoms with Crippen LogP contribution < -0.4 is 5.32 Å². The van der Waals surface area contributed by atoms with E-state index in [1.54, 1.807) is 6.07 Å². The average Bonchev–Trinajstić information content (AvgIpc) is 3.29. The number of pyridine rings is 1. The van der Waals surface area contributed by atoms with Crippen molar-refractivity contribution in [2.75, 3.05) is 6.54 Å². The molecule has 5 heteroatoms. The second-order valence-corrected chi connectivity index (χ2v) is 9.48. The maximum Gasteiger partial charge on any atom is 0.253 e. The zero-order chi connectivity index (χ0) is 23.4. The third-order valence-electron chi connectivity index (χ3n) is 6.81. The Balaban J connectivity index is 1.43.